The second-order valence-corrected chi connectivity index (χ2v) is 5.42. The SMILES string of the molecule is CN(CC1CCCN1C)c1ccc(C=CC(=O)O)cc1. The standard InChI is InChI=1S/C16H22N2O2/c1-17-11-3-4-15(17)12-18(2)14-8-5-13(6-9-14)7-10-16(19)20/h5-10,15H,3-4,11-12H2,1-2H3,(H,19,20). The topological polar surface area (TPSA) is 43.8 Å². The third kappa shape index (κ3) is 3.84. The predicted molar refractivity (Wildman–Crippen MR) is 82.0 cm³/mol. The van der Waals surface area contributed by atoms with Crippen molar-refractivity contribution in [3.63, 3.8) is 0 Å². The van der Waals surface area contributed by atoms with E-state index in [2.05, 4.69) is 23.9 Å². The number of hydrogen-bond donors (Lipinski definition) is 1. The van der Waals surface area contributed by atoms with Crippen molar-refractivity contribution in [2.45, 2.75) is 18.9 Å². The Labute approximate surface area is 120 Å². The van der Waals surface area contributed by atoms with Crippen LogP contribution < -0.4 is 4.90 Å². The molecule has 0 spiro atoms. The van der Waals surface area contributed by atoms with Gasteiger partial charge in [-0.25, -0.2) is 4.79 Å². The number of carboxylic acids is 1. The summed E-state index contributed by atoms with van der Waals surface area (Å²) in [5.74, 6) is -0.921. The molecule has 1 aliphatic rings. The molecule has 0 aromatic heterocycles. The molecule has 2 rings (SSSR count). The number of hydrogen-bond acceptors (Lipinski definition) is 3. The van der Waals surface area contributed by atoms with Gasteiger partial charge in [-0.15, -0.1) is 0 Å². The molecule has 0 aliphatic carbocycles. The van der Waals surface area contributed by atoms with Gasteiger partial charge in [0.05, 0.1) is 0 Å². The van der Waals surface area contributed by atoms with Crippen LogP contribution in [0.2, 0.25) is 0 Å². The molecule has 0 saturated carbocycles. The van der Waals surface area contributed by atoms with Gasteiger partial charge in [-0.2, -0.15) is 0 Å². The number of likely N-dealkylation sites (tertiary alicyclic amines) is 1. The van der Waals surface area contributed by atoms with Crippen LogP contribution in [0, 0.1) is 0 Å². The first-order chi connectivity index (χ1) is 9.56. The number of carboxylic acid groups (broad SMARTS) is 1. The van der Waals surface area contributed by atoms with Gasteiger partial charge in [-0.05, 0) is 50.2 Å². The minimum atomic E-state index is -0.921. The number of aliphatic carboxylic acids is 1. The van der Waals surface area contributed by atoms with Gasteiger partial charge in [-0.3, -0.25) is 0 Å². The van der Waals surface area contributed by atoms with Gasteiger partial charge in [0.25, 0.3) is 0 Å². The van der Waals surface area contributed by atoms with Crippen LogP contribution >= 0.6 is 0 Å². The van der Waals surface area contributed by atoms with Crippen molar-refractivity contribution in [3.8, 4) is 0 Å². The van der Waals surface area contributed by atoms with Gasteiger partial charge >= 0.3 is 5.97 Å². The monoisotopic (exact) mass is 274 g/mol. The molecule has 4 nitrogen and oxygen atoms in total. The van der Waals surface area contributed by atoms with Gasteiger partial charge in [0.2, 0.25) is 0 Å². The second kappa shape index (κ2) is 6.57. The zero-order valence-corrected chi connectivity index (χ0v) is 12.1. The average Bonchev–Trinajstić information content (AvgIpc) is 2.82. The number of likely N-dealkylation sites (N-methyl/N-ethyl adjacent to an activating group) is 2. The summed E-state index contributed by atoms with van der Waals surface area (Å²) in [6, 6.07) is 8.60. The second-order valence-electron chi connectivity index (χ2n) is 5.42. The van der Waals surface area contributed by atoms with Gasteiger partial charge < -0.3 is 14.9 Å². The molecule has 1 aromatic carbocycles. The quantitative estimate of drug-likeness (QED) is 0.837. The maximum absolute atomic E-state index is 10.5. The van der Waals surface area contributed by atoms with Crippen molar-refractivity contribution >= 4 is 17.7 Å². The van der Waals surface area contributed by atoms with E-state index in [1.54, 1.807) is 6.08 Å². The summed E-state index contributed by atoms with van der Waals surface area (Å²) in [7, 11) is 4.29. The lowest BCUT2D eigenvalue weighted by molar-refractivity contribution is -0.131. The predicted octanol–water partition coefficient (Wildman–Crippen LogP) is 2.31. The fraction of sp³-hybridized carbons (Fsp3) is 0.438. The summed E-state index contributed by atoms with van der Waals surface area (Å²) in [4.78, 5) is 15.2. The Morgan fingerprint density at radius 1 is 1.45 bits per heavy atom. The van der Waals surface area contributed by atoms with E-state index in [1.165, 1.54) is 19.4 Å². The molecule has 20 heavy (non-hydrogen) atoms. The third-order valence-electron chi connectivity index (χ3n) is 3.91. The van der Waals surface area contributed by atoms with E-state index in [0.717, 1.165) is 23.9 Å². The average molecular weight is 274 g/mol. The number of rotatable bonds is 5. The number of nitrogens with zero attached hydrogens (tertiary/aromatic N) is 2. The summed E-state index contributed by atoms with van der Waals surface area (Å²) in [6.45, 7) is 2.22. The molecule has 4 heteroatoms. The van der Waals surface area contributed by atoms with Crippen molar-refractivity contribution in [1.29, 1.82) is 0 Å². The van der Waals surface area contributed by atoms with Crippen molar-refractivity contribution in [2.24, 2.45) is 0 Å². The summed E-state index contributed by atoms with van der Waals surface area (Å²) in [5, 5.41) is 8.60. The van der Waals surface area contributed by atoms with Crippen LogP contribution in [0.5, 0.6) is 0 Å². The fourth-order valence-electron chi connectivity index (χ4n) is 2.64. The Bertz CT molecular complexity index is 482. The highest BCUT2D eigenvalue weighted by Crippen LogP contribution is 2.20. The molecule has 1 unspecified atom stereocenters. The van der Waals surface area contributed by atoms with Gasteiger partial charge in [0.15, 0.2) is 0 Å². The Morgan fingerprint density at radius 2 is 2.15 bits per heavy atom. The van der Waals surface area contributed by atoms with Crippen LogP contribution in [0.1, 0.15) is 18.4 Å². The highest BCUT2D eigenvalue weighted by atomic mass is 16.4. The Morgan fingerprint density at radius 3 is 2.70 bits per heavy atom. The smallest absolute Gasteiger partial charge is 0.328 e. The largest absolute Gasteiger partial charge is 0.478 e. The molecule has 1 heterocycles. The Kier molecular flexibility index (Phi) is 4.79. The molecule has 0 bridgehead atoms. The molecule has 1 aromatic rings. The van der Waals surface area contributed by atoms with Crippen molar-refractivity contribution in [3.05, 3.63) is 35.9 Å². The summed E-state index contributed by atoms with van der Waals surface area (Å²) in [6.07, 6.45) is 5.32. The molecule has 1 fully saturated rings. The maximum atomic E-state index is 10.5. The molecule has 1 atom stereocenters. The van der Waals surface area contributed by atoms with Crippen LogP contribution in [0.25, 0.3) is 6.08 Å². The molecule has 0 radical (unpaired) electrons. The first-order valence-corrected chi connectivity index (χ1v) is 6.98. The number of benzene rings is 1. The van der Waals surface area contributed by atoms with Gasteiger partial charge in [0.1, 0.15) is 0 Å². The van der Waals surface area contributed by atoms with Crippen LogP contribution in [-0.2, 0) is 4.79 Å². The van der Waals surface area contributed by atoms with Crippen molar-refractivity contribution in [2.75, 3.05) is 32.1 Å². The first kappa shape index (κ1) is 14.6. The lowest BCUT2D eigenvalue weighted by Gasteiger charge is -2.27. The molecule has 1 N–H and O–H groups in total. The van der Waals surface area contributed by atoms with E-state index >= 15 is 0 Å². The van der Waals surface area contributed by atoms with Gasteiger partial charge in [-0.1, -0.05) is 12.1 Å². The minimum absolute atomic E-state index is 0.631. The Balaban J connectivity index is 1.96. The third-order valence-corrected chi connectivity index (χ3v) is 3.91. The highest BCUT2D eigenvalue weighted by molar-refractivity contribution is 5.85. The molecule has 0 amide bonds. The first-order valence-electron chi connectivity index (χ1n) is 6.98. The van der Waals surface area contributed by atoms with E-state index in [-0.39, 0.29) is 0 Å². The van der Waals surface area contributed by atoms with Crippen LogP contribution in [0.15, 0.2) is 30.3 Å². The minimum Gasteiger partial charge on any atom is -0.478 e. The van der Waals surface area contributed by atoms with Gasteiger partial charge in [0, 0.05) is 31.4 Å². The lowest BCUT2D eigenvalue weighted by Crippen LogP contribution is -2.36. The Hall–Kier alpha value is -1.81. The fourth-order valence-corrected chi connectivity index (χ4v) is 2.64. The van der Waals surface area contributed by atoms with E-state index < -0.39 is 5.97 Å². The molecular weight excluding hydrogens is 252 g/mol. The molecule has 108 valence electrons. The molecule has 1 saturated heterocycles. The van der Waals surface area contributed by atoms with Crippen molar-refractivity contribution in [1.82, 2.24) is 4.90 Å². The van der Waals surface area contributed by atoms with Crippen LogP contribution in [-0.4, -0.2) is 49.2 Å². The maximum Gasteiger partial charge on any atom is 0.328 e. The van der Waals surface area contributed by atoms with Crippen molar-refractivity contribution < 1.29 is 9.90 Å². The highest BCUT2D eigenvalue weighted by Gasteiger charge is 2.22. The lowest BCUT2D eigenvalue weighted by atomic mass is 10.1. The van der Waals surface area contributed by atoms with E-state index in [9.17, 15) is 4.79 Å². The number of anilines is 1. The normalized spacial score (nSPS) is 19.6. The summed E-state index contributed by atoms with van der Waals surface area (Å²) in [5.41, 5.74) is 2.07. The number of carbonyl (C=O) groups is 1. The van der Waals surface area contributed by atoms with Crippen LogP contribution in [0.4, 0.5) is 5.69 Å². The van der Waals surface area contributed by atoms with E-state index in [0.29, 0.717) is 6.04 Å². The zero-order valence-electron chi connectivity index (χ0n) is 12.1. The summed E-state index contributed by atoms with van der Waals surface area (Å²) < 4.78 is 0. The molecular formula is C16H22N2O2. The van der Waals surface area contributed by atoms with Crippen LogP contribution in [0.3, 0.4) is 0 Å². The van der Waals surface area contributed by atoms with E-state index in [4.69, 9.17) is 5.11 Å². The summed E-state index contributed by atoms with van der Waals surface area (Å²) >= 11 is 0. The molecule has 1 aliphatic heterocycles. The van der Waals surface area contributed by atoms with E-state index in [1.807, 2.05) is 24.3 Å². The zero-order chi connectivity index (χ0) is 14.5.